The van der Waals surface area contributed by atoms with E-state index < -0.39 is 15.5 Å². The van der Waals surface area contributed by atoms with E-state index in [1.165, 1.54) is 6.07 Å². The highest BCUT2D eigenvalue weighted by Gasteiger charge is 2.28. The Labute approximate surface area is 126 Å². The van der Waals surface area contributed by atoms with Crippen molar-refractivity contribution in [3.8, 4) is 0 Å². The molecule has 0 saturated heterocycles. The Morgan fingerprint density at radius 3 is 2.52 bits per heavy atom. The van der Waals surface area contributed by atoms with Gasteiger partial charge in [0, 0.05) is 18.8 Å². The summed E-state index contributed by atoms with van der Waals surface area (Å²) in [6.07, 6.45) is 0. The van der Waals surface area contributed by atoms with Gasteiger partial charge in [0.05, 0.1) is 4.90 Å². The monoisotopic (exact) mass is 342 g/mol. The van der Waals surface area contributed by atoms with Crippen molar-refractivity contribution in [3.63, 3.8) is 0 Å². The molecule has 0 heterocycles. The lowest BCUT2D eigenvalue weighted by Gasteiger charge is -2.11. The summed E-state index contributed by atoms with van der Waals surface area (Å²) < 4.78 is 62.4. The minimum Gasteiger partial charge on any atom is -0.316 e. The summed E-state index contributed by atoms with van der Waals surface area (Å²) in [5.41, 5.74) is -3.02. The van der Waals surface area contributed by atoms with Gasteiger partial charge in [-0.1, -0.05) is 12.1 Å². The second-order valence-electron chi connectivity index (χ2n) is 4.32. The van der Waals surface area contributed by atoms with Gasteiger partial charge in [0.1, 0.15) is 0 Å². The van der Waals surface area contributed by atoms with Crippen molar-refractivity contribution < 1.29 is 21.6 Å². The molecule has 0 amide bonds. The average molecular weight is 342 g/mol. The summed E-state index contributed by atoms with van der Waals surface area (Å²) in [7, 11) is -2.07. The SMILES string of the molecule is CNCc1ccc(C)c(S(=O)(=O)NCCSC(F)(F)F)c1. The van der Waals surface area contributed by atoms with Crippen LogP contribution in [-0.2, 0) is 16.6 Å². The summed E-state index contributed by atoms with van der Waals surface area (Å²) in [5.74, 6) is -0.363. The Hall–Kier alpha value is -0.770. The largest absolute Gasteiger partial charge is 0.441 e. The summed E-state index contributed by atoms with van der Waals surface area (Å²) in [5, 5.41) is 2.91. The van der Waals surface area contributed by atoms with Gasteiger partial charge < -0.3 is 5.32 Å². The van der Waals surface area contributed by atoms with Gasteiger partial charge in [0.15, 0.2) is 0 Å². The van der Waals surface area contributed by atoms with Crippen molar-refractivity contribution in [1.29, 1.82) is 0 Å². The van der Waals surface area contributed by atoms with Gasteiger partial charge in [0.25, 0.3) is 0 Å². The first-order valence-corrected chi connectivity index (χ1v) is 8.57. The molecule has 0 atom stereocenters. The number of thioether (sulfide) groups is 1. The molecule has 0 aromatic heterocycles. The number of aryl methyl sites for hydroxylation is 1. The maximum atomic E-state index is 12.1. The number of halogens is 3. The Morgan fingerprint density at radius 2 is 1.95 bits per heavy atom. The van der Waals surface area contributed by atoms with Crippen LogP contribution in [0.25, 0.3) is 0 Å². The van der Waals surface area contributed by atoms with Gasteiger partial charge in [-0.3, -0.25) is 0 Å². The summed E-state index contributed by atoms with van der Waals surface area (Å²) in [6.45, 7) is 1.87. The van der Waals surface area contributed by atoms with Gasteiger partial charge >= 0.3 is 5.51 Å². The molecule has 21 heavy (non-hydrogen) atoms. The number of nitrogens with one attached hydrogen (secondary N) is 2. The minimum absolute atomic E-state index is 0.0901. The molecular formula is C12H17F3N2O2S2. The molecular weight excluding hydrogens is 325 g/mol. The van der Waals surface area contributed by atoms with Crippen molar-refractivity contribution in [2.75, 3.05) is 19.3 Å². The van der Waals surface area contributed by atoms with E-state index in [4.69, 9.17) is 0 Å². The standard InChI is InChI=1S/C12H17F3N2O2S2/c1-9-3-4-10(8-16-2)7-11(9)21(18,19)17-5-6-20-12(13,14)15/h3-4,7,16-17H,5-6,8H2,1-2H3. The fourth-order valence-electron chi connectivity index (χ4n) is 1.67. The zero-order valence-corrected chi connectivity index (χ0v) is 13.3. The van der Waals surface area contributed by atoms with E-state index >= 15 is 0 Å². The maximum absolute atomic E-state index is 12.1. The quantitative estimate of drug-likeness (QED) is 0.746. The van der Waals surface area contributed by atoms with E-state index in [0.29, 0.717) is 12.1 Å². The van der Waals surface area contributed by atoms with Crippen LogP contribution in [-0.4, -0.2) is 33.3 Å². The highest BCUT2D eigenvalue weighted by atomic mass is 32.2. The van der Waals surface area contributed by atoms with Gasteiger partial charge in [0.2, 0.25) is 10.0 Å². The van der Waals surface area contributed by atoms with Crippen LogP contribution in [0.2, 0.25) is 0 Å². The molecule has 0 aliphatic heterocycles. The van der Waals surface area contributed by atoms with Crippen LogP contribution in [0.1, 0.15) is 11.1 Å². The fraction of sp³-hybridized carbons (Fsp3) is 0.500. The summed E-state index contributed by atoms with van der Waals surface area (Å²) in [6, 6.07) is 4.99. The molecule has 0 aliphatic rings. The van der Waals surface area contributed by atoms with E-state index in [1.54, 1.807) is 26.1 Å². The Morgan fingerprint density at radius 1 is 1.29 bits per heavy atom. The fourth-order valence-corrected chi connectivity index (χ4v) is 3.56. The average Bonchev–Trinajstić information content (AvgIpc) is 2.36. The summed E-state index contributed by atoms with van der Waals surface area (Å²) >= 11 is -0.252. The molecule has 120 valence electrons. The normalized spacial score (nSPS) is 12.6. The molecule has 4 nitrogen and oxygen atoms in total. The highest BCUT2D eigenvalue weighted by molar-refractivity contribution is 8.00. The molecule has 0 bridgehead atoms. The van der Waals surface area contributed by atoms with Crippen molar-refractivity contribution in [2.45, 2.75) is 23.9 Å². The third-order valence-electron chi connectivity index (χ3n) is 2.58. The second-order valence-corrected chi connectivity index (χ2v) is 7.22. The number of sulfonamides is 1. The topological polar surface area (TPSA) is 58.2 Å². The van der Waals surface area contributed by atoms with E-state index in [0.717, 1.165) is 5.56 Å². The van der Waals surface area contributed by atoms with E-state index in [2.05, 4.69) is 10.0 Å². The zero-order valence-electron chi connectivity index (χ0n) is 11.6. The van der Waals surface area contributed by atoms with Crippen LogP contribution in [0, 0.1) is 6.92 Å². The molecule has 2 N–H and O–H groups in total. The van der Waals surface area contributed by atoms with Gasteiger partial charge in [-0.05, 0) is 42.9 Å². The van der Waals surface area contributed by atoms with Crippen LogP contribution in [0.3, 0.4) is 0 Å². The van der Waals surface area contributed by atoms with Crippen LogP contribution in [0.5, 0.6) is 0 Å². The molecule has 0 saturated carbocycles. The predicted molar refractivity (Wildman–Crippen MR) is 77.6 cm³/mol. The number of hydrogen-bond acceptors (Lipinski definition) is 4. The molecule has 9 heteroatoms. The Balaban J connectivity index is 2.76. The van der Waals surface area contributed by atoms with Crippen molar-refractivity contribution in [2.24, 2.45) is 0 Å². The molecule has 0 aliphatic carbocycles. The Bertz CT molecular complexity index is 574. The molecule has 0 radical (unpaired) electrons. The molecule has 0 unspecified atom stereocenters. The number of benzene rings is 1. The Kier molecular flexibility index (Phi) is 6.51. The van der Waals surface area contributed by atoms with Crippen molar-refractivity contribution >= 4 is 21.8 Å². The number of hydrogen-bond donors (Lipinski definition) is 2. The van der Waals surface area contributed by atoms with Crippen LogP contribution in [0.4, 0.5) is 13.2 Å². The van der Waals surface area contributed by atoms with E-state index in [9.17, 15) is 21.6 Å². The lowest BCUT2D eigenvalue weighted by molar-refractivity contribution is -0.0327. The lowest BCUT2D eigenvalue weighted by atomic mass is 10.1. The van der Waals surface area contributed by atoms with Gasteiger partial charge in [-0.15, -0.1) is 0 Å². The third-order valence-corrected chi connectivity index (χ3v) is 4.92. The van der Waals surface area contributed by atoms with Crippen LogP contribution < -0.4 is 10.0 Å². The van der Waals surface area contributed by atoms with E-state index in [1.807, 2.05) is 0 Å². The molecule has 1 aromatic rings. The van der Waals surface area contributed by atoms with Gasteiger partial charge in [-0.25, -0.2) is 13.1 Å². The zero-order chi connectivity index (χ0) is 16.1. The van der Waals surface area contributed by atoms with Crippen molar-refractivity contribution in [3.05, 3.63) is 29.3 Å². The van der Waals surface area contributed by atoms with Gasteiger partial charge in [-0.2, -0.15) is 13.2 Å². The summed E-state index contributed by atoms with van der Waals surface area (Å²) in [4.78, 5) is 0.0901. The highest BCUT2D eigenvalue weighted by Crippen LogP contribution is 2.29. The molecule has 0 fully saturated rings. The minimum atomic E-state index is -4.35. The third kappa shape index (κ3) is 6.25. The molecule has 1 rings (SSSR count). The van der Waals surface area contributed by atoms with Crippen molar-refractivity contribution in [1.82, 2.24) is 10.0 Å². The maximum Gasteiger partial charge on any atom is 0.441 e. The molecule has 0 spiro atoms. The smallest absolute Gasteiger partial charge is 0.316 e. The first kappa shape index (κ1) is 18.3. The lowest BCUT2D eigenvalue weighted by Crippen LogP contribution is -2.27. The van der Waals surface area contributed by atoms with Crippen LogP contribution in [0.15, 0.2) is 23.1 Å². The number of alkyl halides is 3. The predicted octanol–water partition coefficient (Wildman–Crippen LogP) is 2.25. The first-order chi connectivity index (χ1) is 9.65. The molecule has 1 aromatic carbocycles. The second kappa shape index (κ2) is 7.48. The van der Waals surface area contributed by atoms with Crippen LogP contribution >= 0.6 is 11.8 Å². The number of rotatable bonds is 7. The first-order valence-electron chi connectivity index (χ1n) is 6.10. The van der Waals surface area contributed by atoms with E-state index in [-0.39, 0.29) is 29.0 Å².